The van der Waals surface area contributed by atoms with Gasteiger partial charge in [0.2, 0.25) is 5.91 Å². The number of rotatable bonds is 4. The zero-order valence-electron chi connectivity index (χ0n) is 11.1. The molecule has 0 unspecified atom stereocenters. The van der Waals surface area contributed by atoms with Gasteiger partial charge in [-0.1, -0.05) is 11.6 Å². The Kier molecular flexibility index (Phi) is 5.13. The number of aromatic nitrogens is 1. The molecule has 1 N–H and O–H groups in total. The second-order valence-corrected chi connectivity index (χ2v) is 5.18. The summed E-state index contributed by atoms with van der Waals surface area (Å²) in [6.07, 6.45) is 3.34. The molecule has 1 aromatic heterocycles. The SMILES string of the molecule is CN(CC(=O)N1CCNCC1)Cc1ccncc1Cl. The molecule has 1 saturated heterocycles. The Morgan fingerprint density at radius 3 is 2.95 bits per heavy atom. The molecule has 0 radical (unpaired) electrons. The van der Waals surface area contributed by atoms with Gasteiger partial charge < -0.3 is 10.2 Å². The van der Waals surface area contributed by atoms with Crippen molar-refractivity contribution in [3.63, 3.8) is 0 Å². The number of hydrogen-bond acceptors (Lipinski definition) is 4. The minimum Gasteiger partial charge on any atom is -0.339 e. The van der Waals surface area contributed by atoms with E-state index in [0.29, 0.717) is 18.1 Å². The fourth-order valence-corrected chi connectivity index (χ4v) is 2.30. The largest absolute Gasteiger partial charge is 0.339 e. The standard InChI is InChI=1S/C13H19ClN4O/c1-17(9-11-2-3-16-8-12(11)14)10-13(19)18-6-4-15-5-7-18/h2-3,8,15H,4-7,9-10H2,1H3. The third-order valence-electron chi connectivity index (χ3n) is 3.17. The van der Waals surface area contributed by atoms with Gasteiger partial charge in [0, 0.05) is 45.1 Å². The van der Waals surface area contributed by atoms with Crippen LogP contribution in [0.5, 0.6) is 0 Å². The number of carbonyl (C=O) groups excluding carboxylic acids is 1. The lowest BCUT2D eigenvalue weighted by molar-refractivity contribution is -0.132. The van der Waals surface area contributed by atoms with Gasteiger partial charge in [-0.05, 0) is 18.7 Å². The molecule has 5 nitrogen and oxygen atoms in total. The second-order valence-electron chi connectivity index (χ2n) is 4.77. The lowest BCUT2D eigenvalue weighted by Crippen LogP contribution is -2.49. The summed E-state index contributed by atoms with van der Waals surface area (Å²) in [5.74, 6) is 0.175. The third kappa shape index (κ3) is 4.16. The molecule has 2 heterocycles. The first-order chi connectivity index (χ1) is 9.16. The van der Waals surface area contributed by atoms with Gasteiger partial charge in [0.1, 0.15) is 0 Å². The van der Waals surface area contributed by atoms with Crippen molar-refractivity contribution in [2.75, 3.05) is 39.8 Å². The Bertz CT molecular complexity index is 434. The number of amides is 1. The summed E-state index contributed by atoms with van der Waals surface area (Å²) in [4.78, 5) is 19.9. The molecule has 1 aliphatic heterocycles. The molecule has 6 heteroatoms. The van der Waals surface area contributed by atoms with Gasteiger partial charge in [-0.3, -0.25) is 14.7 Å². The Morgan fingerprint density at radius 2 is 2.26 bits per heavy atom. The van der Waals surface area contributed by atoms with Crippen molar-refractivity contribution >= 4 is 17.5 Å². The van der Waals surface area contributed by atoms with E-state index in [4.69, 9.17) is 11.6 Å². The van der Waals surface area contributed by atoms with Crippen LogP contribution in [0.15, 0.2) is 18.5 Å². The Hall–Kier alpha value is -1.17. The zero-order valence-corrected chi connectivity index (χ0v) is 11.9. The van der Waals surface area contributed by atoms with Crippen molar-refractivity contribution in [2.24, 2.45) is 0 Å². The zero-order chi connectivity index (χ0) is 13.7. The van der Waals surface area contributed by atoms with E-state index in [2.05, 4.69) is 10.3 Å². The smallest absolute Gasteiger partial charge is 0.236 e. The highest BCUT2D eigenvalue weighted by molar-refractivity contribution is 6.31. The molecule has 0 spiro atoms. The number of nitrogens with one attached hydrogen (secondary N) is 1. The van der Waals surface area contributed by atoms with E-state index in [1.165, 1.54) is 0 Å². The summed E-state index contributed by atoms with van der Waals surface area (Å²) in [5, 5.41) is 3.88. The third-order valence-corrected chi connectivity index (χ3v) is 3.51. The van der Waals surface area contributed by atoms with Crippen LogP contribution in [0, 0.1) is 0 Å². The minimum atomic E-state index is 0.175. The van der Waals surface area contributed by atoms with E-state index in [1.807, 2.05) is 22.9 Å². The maximum absolute atomic E-state index is 12.1. The van der Waals surface area contributed by atoms with Crippen LogP contribution < -0.4 is 5.32 Å². The summed E-state index contributed by atoms with van der Waals surface area (Å²) in [7, 11) is 1.93. The number of nitrogens with zero attached hydrogens (tertiary/aromatic N) is 3. The fourth-order valence-electron chi connectivity index (χ4n) is 2.12. The van der Waals surface area contributed by atoms with E-state index in [0.717, 1.165) is 31.7 Å². The Labute approximate surface area is 118 Å². The molecule has 0 saturated carbocycles. The number of piperazine rings is 1. The predicted molar refractivity (Wildman–Crippen MR) is 75.0 cm³/mol. The van der Waals surface area contributed by atoms with E-state index in [1.54, 1.807) is 12.4 Å². The number of carbonyl (C=O) groups is 1. The highest BCUT2D eigenvalue weighted by Gasteiger charge is 2.17. The van der Waals surface area contributed by atoms with E-state index < -0.39 is 0 Å². The lowest BCUT2D eigenvalue weighted by Gasteiger charge is -2.29. The average molecular weight is 283 g/mol. The first kappa shape index (κ1) is 14.2. The van der Waals surface area contributed by atoms with Gasteiger partial charge in [-0.2, -0.15) is 0 Å². The minimum absolute atomic E-state index is 0.175. The molecular weight excluding hydrogens is 264 g/mol. The first-order valence-corrected chi connectivity index (χ1v) is 6.80. The molecule has 1 aliphatic rings. The van der Waals surface area contributed by atoms with Crippen LogP contribution in [0.3, 0.4) is 0 Å². The van der Waals surface area contributed by atoms with Crippen molar-refractivity contribution in [2.45, 2.75) is 6.54 Å². The summed E-state index contributed by atoms with van der Waals surface area (Å²) >= 11 is 6.06. The number of hydrogen-bond donors (Lipinski definition) is 1. The molecular formula is C13H19ClN4O. The molecule has 0 bridgehead atoms. The van der Waals surface area contributed by atoms with E-state index in [-0.39, 0.29) is 5.91 Å². The van der Waals surface area contributed by atoms with E-state index in [9.17, 15) is 4.79 Å². The second kappa shape index (κ2) is 6.84. The predicted octanol–water partition coefficient (Wildman–Crippen LogP) is 0.599. The number of halogens is 1. The van der Waals surface area contributed by atoms with Gasteiger partial charge in [0.25, 0.3) is 0 Å². The number of pyridine rings is 1. The Morgan fingerprint density at radius 1 is 1.53 bits per heavy atom. The lowest BCUT2D eigenvalue weighted by atomic mass is 10.2. The molecule has 19 heavy (non-hydrogen) atoms. The maximum Gasteiger partial charge on any atom is 0.236 e. The fraction of sp³-hybridized carbons (Fsp3) is 0.538. The van der Waals surface area contributed by atoms with Gasteiger partial charge in [0.15, 0.2) is 0 Å². The summed E-state index contributed by atoms with van der Waals surface area (Å²) in [6.45, 7) is 4.42. The number of likely N-dealkylation sites (N-methyl/N-ethyl adjacent to an activating group) is 1. The van der Waals surface area contributed by atoms with Gasteiger partial charge in [-0.15, -0.1) is 0 Å². The van der Waals surface area contributed by atoms with Crippen LogP contribution in [0.4, 0.5) is 0 Å². The van der Waals surface area contributed by atoms with Crippen molar-refractivity contribution in [3.05, 3.63) is 29.0 Å². The van der Waals surface area contributed by atoms with Crippen LogP contribution in [0.25, 0.3) is 0 Å². The summed E-state index contributed by atoms with van der Waals surface area (Å²) in [6, 6.07) is 1.88. The average Bonchev–Trinajstić information content (AvgIpc) is 2.42. The molecule has 0 aromatic carbocycles. The molecule has 0 aliphatic carbocycles. The Balaban J connectivity index is 1.85. The topological polar surface area (TPSA) is 48.5 Å². The van der Waals surface area contributed by atoms with Gasteiger partial charge in [-0.25, -0.2) is 0 Å². The van der Waals surface area contributed by atoms with Crippen molar-refractivity contribution in [1.29, 1.82) is 0 Å². The molecule has 1 fully saturated rings. The van der Waals surface area contributed by atoms with Gasteiger partial charge >= 0.3 is 0 Å². The van der Waals surface area contributed by atoms with Crippen LogP contribution in [-0.4, -0.2) is 60.5 Å². The van der Waals surface area contributed by atoms with Crippen LogP contribution in [-0.2, 0) is 11.3 Å². The normalized spacial score (nSPS) is 15.8. The van der Waals surface area contributed by atoms with E-state index >= 15 is 0 Å². The monoisotopic (exact) mass is 282 g/mol. The first-order valence-electron chi connectivity index (χ1n) is 6.42. The summed E-state index contributed by atoms with van der Waals surface area (Å²) < 4.78 is 0. The molecule has 0 atom stereocenters. The van der Waals surface area contributed by atoms with Crippen LogP contribution >= 0.6 is 11.6 Å². The molecule has 1 aromatic rings. The van der Waals surface area contributed by atoms with Crippen LogP contribution in [0.1, 0.15) is 5.56 Å². The molecule has 2 rings (SSSR count). The molecule has 104 valence electrons. The maximum atomic E-state index is 12.1. The van der Waals surface area contributed by atoms with Crippen molar-refractivity contribution in [3.8, 4) is 0 Å². The van der Waals surface area contributed by atoms with Crippen molar-refractivity contribution in [1.82, 2.24) is 20.1 Å². The van der Waals surface area contributed by atoms with Crippen molar-refractivity contribution < 1.29 is 4.79 Å². The highest BCUT2D eigenvalue weighted by atomic mass is 35.5. The molecule has 1 amide bonds. The van der Waals surface area contributed by atoms with Gasteiger partial charge in [0.05, 0.1) is 11.6 Å². The summed E-state index contributed by atoms with van der Waals surface area (Å²) in [5.41, 5.74) is 0.993. The quantitative estimate of drug-likeness (QED) is 0.879. The highest BCUT2D eigenvalue weighted by Crippen LogP contribution is 2.14. The van der Waals surface area contributed by atoms with Crippen LogP contribution in [0.2, 0.25) is 5.02 Å².